The molecule has 6 heteroatoms. The molecule has 19 heavy (non-hydrogen) atoms. The summed E-state index contributed by atoms with van der Waals surface area (Å²) in [5, 5.41) is 2.70. The van der Waals surface area contributed by atoms with Gasteiger partial charge in [0.25, 0.3) is 0 Å². The van der Waals surface area contributed by atoms with Gasteiger partial charge in [0, 0.05) is 18.0 Å². The standard InChI is InChI=1S/C13H23F3N2O/c1-3-12(2,8-17)18-11(19)9-6-4-5-7-10(9)13(14,15)16/h9-10H,3-8,17H2,1-2H3,(H,18,19). The van der Waals surface area contributed by atoms with Crippen LogP contribution in [0.4, 0.5) is 13.2 Å². The minimum atomic E-state index is -4.30. The smallest absolute Gasteiger partial charge is 0.349 e. The molecule has 112 valence electrons. The Balaban J connectivity index is 2.78. The lowest BCUT2D eigenvalue weighted by Gasteiger charge is -2.35. The van der Waals surface area contributed by atoms with Gasteiger partial charge >= 0.3 is 6.18 Å². The van der Waals surface area contributed by atoms with Crippen LogP contribution in [0.2, 0.25) is 0 Å². The van der Waals surface area contributed by atoms with Crippen LogP contribution in [0.3, 0.4) is 0 Å². The molecule has 3 nitrogen and oxygen atoms in total. The minimum absolute atomic E-state index is 0.0487. The van der Waals surface area contributed by atoms with Crippen molar-refractivity contribution >= 4 is 5.91 Å². The zero-order chi connectivity index (χ0) is 14.7. The summed E-state index contributed by atoms with van der Waals surface area (Å²) in [6, 6.07) is 0. The molecule has 1 aliphatic rings. The zero-order valence-corrected chi connectivity index (χ0v) is 11.5. The fraction of sp³-hybridized carbons (Fsp3) is 0.923. The van der Waals surface area contributed by atoms with Gasteiger partial charge in [-0.2, -0.15) is 13.2 Å². The summed E-state index contributed by atoms with van der Waals surface area (Å²) in [4.78, 5) is 12.1. The molecular formula is C13H23F3N2O. The Morgan fingerprint density at radius 1 is 1.32 bits per heavy atom. The van der Waals surface area contributed by atoms with Gasteiger partial charge in [0.15, 0.2) is 0 Å². The summed E-state index contributed by atoms with van der Waals surface area (Å²) >= 11 is 0. The molecule has 3 N–H and O–H groups in total. The molecule has 0 heterocycles. The number of halogens is 3. The molecule has 0 spiro atoms. The number of amides is 1. The average Bonchev–Trinajstić information content (AvgIpc) is 2.37. The fourth-order valence-corrected chi connectivity index (χ4v) is 2.51. The number of hydrogen-bond acceptors (Lipinski definition) is 2. The number of carbonyl (C=O) groups is 1. The molecule has 0 bridgehead atoms. The summed E-state index contributed by atoms with van der Waals surface area (Å²) in [5.41, 5.74) is 4.96. The van der Waals surface area contributed by atoms with Gasteiger partial charge in [0.1, 0.15) is 0 Å². The van der Waals surface area contributed by atoms with E-state index in [0.717, 1.165) is 0 Å². The zero-order valence-electron chi connectivity index (χ0n) is 11.5. The number of nitrogens with one attached hydrogen (secondary N) is 1. The molecule has 0 saturated heterocycles. The van der Waals surface area contributed by atoms with E-state index in [2.05, 4.69) is 5.32 Å². The van der Waals surface area contributed by atoms with Gasteiger partial charge in [-0.15, -0.1) is 0 Å². The third kappa shape index (κ3) is 4.09. The van der Waals surface area contributed by atoms with Gasteiger partial charge in [-0.3, -0.25) is 4.79 Å². The summed E-state index contributed by atoms with van der Waals surface area (Å²) in [5.74, 6) is -2.98. The molecule has 0 aromatic heterocycles. The molecule has 1 fully saturated rings. The predicted molar refractivity (Wildman–Crippen MR) is 67.4 cm³/mol. The molecule has 0 aliphatic heterocycles. The first-order valence-electron chi connectivity index (χ1n) is 6.82. The Bertz CT molecular complexity index is 314. The van der Waals surface area contributed by atoms with Crippen LogP contribution in [-0.2, 0) is 4.79 Å². The van der Waals surface area contributed by atoms with Crippen molar-refractivity contribution in [3.05, 3.63) is 0 Å². The van der Waals surface area contributed by atoms with Gasteiger partial charge in [-0.05, 0) is 26.2 Å². The quantitative estimate of drug-likeness (QED) is 0.831. The van der Waals surface area contributed by atoms with Crippen molar-refractivity contribution in [2.75, 3.05) is 6.54 Å². The average molecular weight is 280 g/mol. The van der Waals surface area contributed by atoms with E-state index >= 15 is 0 Å². The Hall–Kier alpha value is -0.780. The first-order valence-corrected chi connectivity index (χ1v) is 6.82. The van der Waals surface area contributed by atoms with Crippen molar-refractivity contribution in [3.8, 4) is 0 Å². The molecule has 1 amide bonds. The van der Waals surface area contributed by atoms with Gasteiger partial charge in [0.05, 0.1) is 5.92 Å². The maximum absolute atomic E-state index is 12.9. The summed E-state index contributed by atoms with van der Waals surface area (Å²) in [6.45, 7) is 3.84. The summed E-state index contributed by atoms with van der Waals surface area (Å²) < 4.78 is 38.8. The maximum Gasteiger partial charge on any atom is 0.392 e. The monoisotopic (exact) mass is 280 g/mol. The van der Waals surface area contributed by atoms with E-state index < -0.39 is 29.5 Å². The maximum atomic E-state index is 12.9. The first kappa shape index (κ1) is 16.3. The second kappa shape index (κ2) is 6.11. The lowest BCUT2D eigenvalue weighted by atomic mass is 9.77. The van der Waals surface area contributed by atoms with E-state index in [-0.39, 0.29) is 13.0 Å². The number of nitrogens with two attached hydrogens (primary N) is 1. The third-order valence-corrected chi connectivity index (χ3v) is 4.18. The predicted octanol–water partition coefficient (Wildman–Crippen LogP) is 2.60. The van der Waals surface area contributed by atoms with Crippen molar-refractivity contribution in [1.29, 1.82) is 0 Å². The Labute approximate surface area is 112 Å². The third-order valence-electron chi connectivity index (χ3n) is 4.18. The van der Waals surface area contributed by atoms with Crippen LogP contribution in [0, 0.1) is 11.8 Å². The Kier molecular flexibility index (Phi) is 5.24. The highest BCUT2D eigenvalue weighted by Crippen LogP contribution is 2.41. The molecule has 3 unspecified atom stereocenters. The molecule has 0 aromatic rings. The molecule has 1 aliphatic carbocycles. The highest BCUT2D eigenvalue weighted by Gasteiger charge is 2.48. The second-order valence-electron chi connectivity index (χ2n) is 5.65. The topological polar surface area (TPSA) is 55.1 Å². The van der Waals surface area contributed by atoms with Crippen molar-refractivity contribution < 1.29 is 18.0 Å². The van der Waals surface area contributed by atoms with Crippen LogP contribution in [0.5, 0.6) is 0 Å². The van der Waals surface area contributed by atoms with Crippen LogP contribution in [-0.4, -0.2) is 24.2 Å². The molecule has 1 saturated carbocycles. The lowest BCUT2D eigenvalue weighted by molar-refractivity contribution is -0.198. The van der Waals surface area contributed by atoms with E-state index in [4.69, 9.17) is 5.73 Å². The lowest BCUT2D eigenvalue weighted by Crippen LogP contribution is -2.54. The van der Waals surface area contributed by atoms with Crippen molar-refractivity contribution in [2.45, 2.75) is 57.7 Å². The van der Waals surface area contributed by atoms with E-state index in [1.54, 1.807) is 6.92 Å². The summed E-state index contributed by atoms with van der Waals surface area (Å²) in [6.07, 6.45) is -2.13. The molecular weight excluding hydrogens is 257 g/mol. The highest BCUT2D eigenvalue weighted by atomic mass is 19.4. The van der Waals surface area contributed by atoms with E-state index in [0.29, 0.717) is 25.7 Å². The molecule has 3 atom stereocenters. The Morgan fingerprint density at radius 3 is 2.37 bits per heavy atom. The largest absolute Gasteiger partial charge is 0.392 e. The van der Waals surface area contributed by atoms with Crippen molar-refractivity contribution in [1.82, 2.24) is 5.32 Å². The second-order valence-corrected chi connectivity index (χ2v) is 5.65. The minimum Gasteiger partial charge on any atom is -0.349 e. The van der Waals surface area contributed by atoms with Crippen LogP contribution in [0.25, 0.3) is 0 Å². The fourth-order valence-electron chi connectivity index (χ4n) is 2.51. The van der Waals surface area contributed by atoms with Crippen molar-refractivity contribution in [2.24, 2.45) is 17.6 Å². The van der Waals surface area contributed by atoms with E-state index in [1.165, 1.54) is 0 Å². The molecule has 0 aromatic carbocycles. The van der Waals surface area contributed by atoms with Crippen LogP contribution >= 0.6 is 0 Å². The van der Waals surface area contributed by atoms with Gasteiger partial charge in [-0.1, -0.05) is 19.8 Å². The highest BCUT2D eigenvalue weighted by molar-refractivity contribution is 5.80. The number of alkyl halides is 3. The summed E-state index contributed by atoms with van der Waals surface area (Å²) in [7, 11) is 0. The van der Waals surface area contributed by atoms with Crippen LogP contribution in [0.15, 0.2) is 0 Å². The normalized spacial score (nSPS) is 27.7. The first-order chi connectivity index (χ1) is 8.73. The van der Waals surface area contributed by atoms with Gasteiger partial charge in [-0.25, -0.2) is 0 Å². The SMILES string of the molecule is CCC(C)(CN)NC(=O)C1CCCCC1C(F)(F)F. The molecule has 1 rings (SSSR count). The molecule has 0 radical (unpaired) electrons. The van der Waals surface area contributed by atoms with Gasteiger partial charge < -0.3 is 11.1 Å². The number of carbonyl (C=O) groups excluding carboxylic acids is 1. The van der Waals surface area contributed by atoms with Crippen LogP contribution in [0.1, 0.15) is 46.0 Å². The Morgan fingerprint density at radius 2 is 1.89 bits per heavy atom. The van der Waals surface area contributed by atoms with E-state index in [9.17, 15) is 18.0 Å². The number of hydrogen-bond donors (Lipinski definition) is 2. The van der Waals surface area contributed by atoms with E-state index in [1.807, 2.05) is 6.92 Å². The van der Waals surface area contributed by atoms with Crippen LogP contribution < -0.4 is 11.1 Å². The van der Waals surface area contributed by atoms with Crippen molar-refractivity contribution in [3.63, 3.8) is 0 Å². The number of rotatable bonds is 4. The van der Waals surface area contributed by atoms with Gasteiger partial charge in [0.2, 0.25) is 5.91 Å².